The fourth-order valence-electron chi connectivity index (χ4n) is 1.91. The summed E-state index contributed by atoms with van der Waals surface area (Å²) < 4.78 is 4.80. The van der Waals surface area contributed by atoms with Crippen molar-refractivity contribution in [2.45, 2.75) is 0 Å². The third kappa shape index (κ3) is 4.23. The number of ketones is 1. The molecule has 0 heterocycles. The summed E-state index contributed by atoms with van der Waals surface area (Å²) >= 11 is 0. The quantitative estimate of drug-likeness (QED) is 0.505. The molecule has 0 aromatic heterocycles. The van der Waals surface area contributed by atoms with Crippen LogP contribution in [0.3, 0.4) is 0 Å². The number of carbonyl (C=O) groups is 1. The summed E-state index contributed by atoms with van der Waals surface area (Å²) in [4.78, 5) is 14.1. The van der Waals surface area contributed by atoms with Crippen LogP contribution in [0.1, 0.15) is 15.9 Å². The van der Waals surface area contributed by atoms with Gasteiger partial charge in [-0.05, 0) is 48.0 Å². The second-order valence-electron chi connectivity index (χ2n) is 4.93. The van der Waals surface area contributed by atoms with Crippen molar-refractivity contribution in [2.75, 3.05) is 19.0 Å². The number of carbonyl (C=O) groups excluding carboxylic acids is 1. The SMILES string of the molecule is CN(C)c1ccc(/C=C/C(=O)c2ccc(O[B]O)cc2)cc1. The largest absolute Gasteiger partial charge is 0.569 e. The molecular formula is C17H17BNO3. The van der Waals surface area contributed by atoms with Crippen molar-refractivity contribution in [3.8, 4) is 5.75 Å². The van der Waals surface area contributed by atoms with E-state index in [9.17, 15) is 4.79 Å². The van der Waals surface area contributed by atoms with Gasteiger partial charge in [-0.3, -0.25) is 4.79 Å². The highest BCUT2D eigenvalue weighted by atomic mass is 16.5. The summed E-state index contributed by atoms with van der Waals surface area (Å²) in [5.41, 5.74) is 2.64. The Labute approximate surface area is 131 Å². The molecule has 5 heteroatoms. The summed E-state index contributed by atoms with van der Waals surface area (Å²) in [5, 5.41) is 8.53. The molecule has 0 saturated carbocycles. The molecule has 1 N–H and O–H groups in total. The molecule has 0 aliphatic heterocycles. The van der Waals surface area contributed by atoms with Gasteiger partial charge < -0.3 is 14.6 Å². The molecule has 1 radical (unpaired) electrons. The molecular weight excluding hydrogens is 277 g/mol. The molecule has 2 aromatic rings. The van der Waals surface area contributed by atoms with E-state index in [1.54, 1.807) is 36.4 Å². The summed E-state index contributed by atoms with van der Waals surface area (Å²) in [6.07, 6.45) is 3.33. The maximum atomic E-state index is 12.1. The zero-order valence-corrected chi connectivity index (χ0v) is 12.6. The van der Waals surface area contributed by atoms with Crippen molar-refractivity contribution in [1.29, 1.82) is 0 Å². The van der Waals surface area contributed by atoms with Crippen molar-refractivity contribution >= 4 is 25.2 Å². The Morgan fingerprint density at radius 3 is 2.27 bits per heavy atom. The molecule has 0 unspecified atom stereocenters. The van der Waals surface area contributed by atoms with Crippen molar-refractivity contribution in [3.63, 3.8) is 0 Å². The van der Waals surface area contributed by atoms with Gasteiger partial charge >= 0.3 is 7.69 Å². The molecule has 2 rings (SSSR count). The van der Waals surface area contributed by atoms with Crippen molar-refractivity contribution < 1.29 is 14.5 Å². The van der Waals surface area contributed by atoms with Crippen LogP contribution in [0, 0.1) is 0 Å². The minimum absolute atomic E-state index is 0.0868. The maximum Gasteiger partial charge on any atom is 0.569 e. The second kappa shape index (κ2) is 7.47. The van der Waals surface area contributed by atoms with Crippen LogP contribution >= 0.6 is 0 Å². The number of hydrogen-bond donors (Lipinski definition) is 1. The second-order valence-corrected chi connectivity index (χ2v) is 4.93. The molecule has 22 heavy (non-hydrogen) atoms. The Morgan fingerprint density at radius 2 is 1.73 bits per heavy atom. The number of benzene rings is 2. The molecule has 0 atom stereocenters. The minimum atomic E-state index is -0.0868. The summed E-state index contributed by atoms with van der Waals surface area (Å²) in [5.74, 6) is 0.388. The van der Waals surface area contributed by atoms with E-state index in [1.165, 1.54) is 0 Å². The Morgan fingerprint density at radius 1 is 1.09 bits per heavy atom. The van der Waals surface area contributed by atoms with Gasteiger partial charge in [-0.25, -0.2) is 0 Å². The highest BCUT2D eigenvalue weighted by Gasteiger charge is 2.02. The van der Waals surface area contributed by atoms with Crippen LogP contribution in [-0.4, -0.2) is 32.6 Å². The molecule has 0 aliphatic carbocycles. The van der Waals surface area contributed by atoms with Gasteiger partial charge in [-0.15, -0.1) is 0 Å². The zero-order chi connectivity index (χ0) is 15.9. The van der Waals surface area contributed by atoms with Gasteiger partial charge in [0.25, 0.3) is 0 Å². The van der Waals surface area contributed by atoms with Gasteiger partial charge in [-0.2, -0.15) is 0 Å². The molecule has 0 saturated heterocycles. The predicted molar refractivity (Wildman–Crippen MR) is 89.2 cm³/mol. The molecule has 0 spiro atoms. The number of nitrogens with zero attached hydrogens (tertiary/aromatic N) is 1. The topological polar surface area (TPSA) is 49.8 Å². The third-order valence-electron chi connectivity index (χ3n) is 3.16. The van der Waals surface area contributed by atoms with Gasteiger partial charge in [0.05, 0.1) is 0 Å². The molecule has 0 aliphatic rings. The lowest BCUT2D eigenvalue weighted by molar-refractivity contribution is 0.104. The molecule has 2 aromatic carbocycles. The van der Waals surface area contributed by atoms with Crippen LogP contribution in [0.15, 0.2) is 54.6 Å². The van der Waals surface area contributed by atoms with Gasteiger partial charge in [-0.1, -0.05) is 18.2 Å². The third-order valence-corrected chi connectivity index (χ3v) is 3.16. The number of rotatable bonds is 6. The van der Waals surface area contributed by atoms with Crippen LogP contribution in [0.4, 0.5) is 5.69 Å². The standard InChI is InChI=1S/C17H17BNO3/c1-19(2)15-8-3-13(4-9-15)5-12-17(20)14-6-10-16(11-7-14)22-18-21/h3-12,21H,1-2H3/b12-5+. The summed E-state index contributed by atoms with van der Waals surface area (Å²) in [6.45, 7) is 0. The highest BCUT2D eigenvalue weighted by Crippen LogP contribution is 2.15. The Bertz CT molecular complexity index is 649. The molecule has 4 nitrogen and oxygen atoms in total. The van der Waals surface area contributed by atoms with Crippen molar-refractivity contribution in [2.24, 2.45) is 0 Å². The maximum absolute atomic E-state index is 12.1. The summed E-state index contributed by atoms with van der Waals surface area (Å²) in [7, 11) is 4.57. The lowest BCUT2D eigenvalue weighted by Crippen LogP contribution is -2.07. The van der Waals surface area contributed by atoms with Crippen LogP contribution < -0.4 is 9.55 Å². The minimum Gasteiger partial charge on any atom is -0.537 e. The normalized spacial score (nSPS) is 10.5. The highest BCUT2D eigenvalue weighted by molar-refractivity contribution is 6.17. The van der Waals surface area contributed by atoms with E-state index >= 15 is 0 Å². The number of allylic oxidation sites excluding steroid dienone is 1. The van der Waals surface area contributed by atoms with E-state index in [-0.39, 0.29) is 5.78 Å². The van der Waals surface area contributed by atoms with Crippen LogP contribution in [0.5, 0.6) is 5.75 Å². The van der Waals surface area contributed by atoms with Crippen LogP contribution in [0.25, 0.3) is 6.08 Å². The van der Waals surface area contributed by atoms with E-state index < -0.39 is 0 Å². The number of hydrogen-bond acceptors (Lipinski definition) is 4. The monoisotopic (exact) mass is 294 g/mol. The van der Waals surface area contributed by atoms with E-state index in [4.69, 9.17) is 9.68 Å². The van der Waals surface area contributed by atoms with Crippen LogP contribution in [0.2, 0.25) is 0 Å². The Balaban J connectivity index is 2.04. The fraction of sp³-hybridized carbons (Fsp3) is 0.118. The van der Waals surface area contributed by atoms with Gasteiger partial charge in [0.15, 0.2) is 5.78 Å². The Kier molecular flexibility index (Phi) is 5.39. The van der Waals surface area contributed by atoms with E-state index in [0.29, 0.717) is 19.0 Å². The lowest BCUT2D eigenvalue weighted by atomic mass is 10.1. The molecule has 0 bridgehead atoms. The summed E-state index contributed by atoms with van der Waals surface area (Å²) in [6, 6.07) is 14.5. The molecule has 0 fully saturated rings. The Hall–Kier alpha value is -2.53. The average Bonchev–Trinajstić information content (AvgIpc) is 2.54. The zero-order valence-electron chi connectivity index (χ0n) is 12.6. The van der Waals surface area contributed by atoms with Gasteiger partial charge in [0, 0.05) is 25.3 Å². The first-order valence-electron chi connectivity index (χ1n) is 6.82. The van der Waals surface area contributed by atoms with E-state index in [0.717, 1.165) is 11.3 Å². The fourth-order valence-corrected chi connectivity index (χ4v) is 1.91. The molecule has 0 amide bonds. The first-order valence-corrected chi connectivity index (χ1v) is 6.82. The van der Waals surface area contributed by atoms with Crippen molar-refractivity contribution in [3.05, 3.63) is 65.7 Å². The number of anilines is 1. The smallest absolute Gasteiger partial charge is 0.537 e. The van der Waals surface area contributed by atoms with Gasteiger partial charge in [0.1, 0.15) is 5.75 Å². The van der Waals surface area contributed by atoms with Crippen molar-refractivity contribution in [1.82, 2.24) is 0 Å². The first kappa shape index (κ1) is 15.9. The first-order chi connectivity index (χ1) is 10.6. The van der Waals surface area contributed by atoms with E-state index in [1.807, 2.05) is 43.3 Å². The predicted octanol–water partition coefficient (Wildman–Crippen LogP) is 2.55. The molecule has 111 valence electrons. The lowest BCUT2D eigenvalue weighted by Gasteiger charge is -2.11. The van der Waals surface area contributed by atoms with E-state index in [2.05, 4.69) is 0 Å². The average molecular weight is 294 g/mol. The van der Waals surface area contributed by atoms with Gasteiger partial charge in [0.2, 0.25) is 0 Å². The van der Waals surface area contributed by atoms with Crippen LogP contribution in [-0.2, 0) is 0 Å².